The number of amides is 3. The normalized spacial score (nSPS) is 18.6. The fourth-order valence-corrected chi connectivity index (χ4v) is 5.44. The molecule has 11 nitrogen and oxygen atoms in total. The van der Waals surface area contributed by atoms with E-state index < -0.39 is 16.6 Å². The lowest BCUT2D eigenvalue weighted by molar-refractivity contribution is -0.384. The summed E-state index contributed by atoms with van der Waals surface area (Å²) in [5.41, 5.74) is 7.94. The van der Waals surface area contributed by atoms with Gasteiger partial charge in [0.2, 0.25) is 0 Å². The fraction of sp³-hybridized carbons (Fsp3) is 0.323. The van der Waals surface area contributed by atoms with Crippen LogP contribution in [0.15, 0.2) is 66.7 Å². The first-order valence-electron chi connectivity index (χ1n) is 14.2. The second-order valence-electron chi connectivity index (χ2n) is 10.9. The van der Waals surface area contributed by atoms with Gasteiger partial charge in [0.1, 0.15) is 5.82 Å². The highest BCUT2D eigenvalue weighted by molar-refractivity contribution is 6.07. The summed E-state index contributed by atoms with van der Waals surface area (Å²) in [6.07, 6.45) is 3.29. The first kappa shape index (κ1) is 29.6. The van der Waals surface area contributed by atoms with Gasteiger partial charge in [0, 0.05) is 67.1 Å². The highest BCUT2D eigenvalue weighted by atomic mass is 19.1. The van der Waals surface area contributed by atoms with Crippen molar-refractivity contribution in [1.29, 1.82) is 0 Å². The van der Waals surface area contributed by atoms with Crippen LogP contribution in [0.4, 0.5) is 21.5 Å². The van der Waals surface area contributed by atoms with Crippen LogP contribution in [0, 0.1) is 15.9 Å². The van der Waals surface area contributed by atoms with Gasteiger partial charge in [0.25, 0.3) is 23.4 Å². The first-order chi connectivity index (χ1) is 20.7. The van der Waals surface area contributed by atoms with Crippen molar-refractivity contribution < 1.29 is 23.7 Å². The lowest BCUT2D eigenvalue weighted by Crippen LogP contribution is -2.49. The third-order valence-corrected chi connectivity index (χ3v) is 7.95. The molecule has 0 unspecified atom stereocenters. The summed E-state index contributed by atoms with van der Waals surface area (Å²) >= 11 is 0. The maximum absolute atomic E-state index is 13.3. The number of benzene rings is 3. The van der Waals surface area contributed by atoms with Crippen molar-refractivity contribution in [2.75, 3.05) is 36.4 Å². The minimum absolute atomic E-state index is 0.0249. The Bertz CT molecular complexity index is 1500. The van der Waals surface area contributed by atoms with E-state index in [2.05, 4.69) is 10.6 Å². The molecule has 0 bridgehead atoms. The van der Waals surface area contributed by atoms with Gasteiger partial charge in [-0.05, 0) is 80.3 Å². The summed E-state index contributed by atoms with van der Waals surface area (Å²) < 4.78 is 13.3. The van der Waals surface area contributed by atoms with E-state index in [-0.39, 0.29) is 35.1 Å². The van der Waals surface area contributed by atoms with Crippen molar-refractivity contribution in [2.45, 2.75) is 37.8 Å². The molecule has 2 fully saturated rings. The zero-order valence-corrected chi connectivity index (χ0v) is 23.5. The van der Waals surface area contributed by atoms with E-state index in [0.717, 1.165) is 25.7 Å². The number of rotatable bonds is 7. The van der Waals surface area contributed by atoms with Crippen molar-refractivity contribution in [2.24, 2.45) is 5.73 Å². The smallest absolute Gasteiger partial charge is 0.269 e. The molecule has 3 aromatic carbocycles. The largest absolute Gasteiger partial charge is 0.366 e. The summed E-state index contributed by atoms with van der Waals surface area (Å²) in [5.74, 6) is -1.35. The van der Waals surface area contributed by atoms with Crippen molar-refractivity contribution in [3.8, 4) is 0 Å². The van der Waals surface area contributed by atoms with Crippen LogP contribution in [0.1, 0.15) is 56.8 Å². The summed E-state index contributed by atoms with van der Waals surface area (Å²) in [6, 6.07) is 16.0. The summed E-state index contributed by atoms with van der Waals surface area (Å²) in [5, 5.41) is 17.0. The Kier molecular flexibility index (Phi) is 8.96. The topological polar surface area (TPSA) is 151 Å². The SMILES string of the molecule is NC1CCC(NC(=O)c2ccc(N3CCN(C(=O)c4ccc(F)cc4)CC3)c(NC(=O)c3ccc([N+](=O)[O-])cc3)c2)CC1. The van der Waals surface area contributed by atoms with Crippen molar-refractivity contribution in [1.82, 2.24) is 10.2 Å². The molecule has 0 atom stereocenters. The van der Waals surface area contributed by atoms with E-state index in [4.69, 9.17) is 5.73 Å². The number of halogens is 1. The molecule has 2 aliphatic rings. The number of hydrogen-bond acceptors (Lipinski definition) is 7. The van der Waals surface area contributed by atoms with Gasteiger partial charge < -0.3 is 26.2 Å². The maximum atomic E-state index is 13.3. The quantitative estimate of drug-likeness (QED) is 0.279. The number of nitrogens with one attached hydrogen (secondary N) is 2. The highest BCUT2D eigenvalue weighted by Gasteiger charge is 2.26. The number of nitro groups is 1. The van der Waals surface area contributed by atoms with E-state index in [1.807, 2.05) is 4.90 Å². The van der Waals surface area contributed by atoms with E-state index in [1.165, 1.54) is 48.5 Å². The minimum Gasteiger partial charge on any atom is -0.366 e. The van der Waals surface area contributed by atoms with Gasteiger partial charge in [-0.2, -0.15) is 0 Å². The molecule has 3 aromatic rings. The average molecular weight is 589 g/mol. The number of nitrogens with two attached hydrogens (primary N) is 1. The molecular formula is C31H33FN6O5. The Labute approximate surface area is 248 Å². The monoisotopic (exact) mass is 588 g/mol. The summed E-state index contributed by atoms with van der Waals surface area (Å²) in [6.45, 7) is 1.72. The molecule has 3 amide bonds. The molecule has 1 heterocycles. The number of piperazine rings is 1. The van der Waals surface area contributed by atoms with Crippen molar-refractivity contribution in [3.05, 3.63) is 99.4 Å². The molecular weight excluding hydrogens is 555 g/mol. The predicted molar refractivity (Wildman–Crippen MR) is 160 cm³/mol. The minimum atomic E-state index is -0.539. The maximum Gasteiger partial charge on any atom is 0.269 e. The zero-order chi connectivity index (χ0) is 30.5. The third kappa shape index (κ3) is 7.15. The second-order valence-corrected chi connectivity index (χ2v) is 10.9. The highest BCUT2D eigenvalue weighted by Crippen LogP contribution is 2.30. The van der Waals surface area contributed by atoms with Gasteiger partial charge >= 0.3 is 0 Å². The Morgan fingerprint density at radius 2 is 1.42 bits per heavy atom. The molecule has 12 heteroatoms. The predicted octanol–water partition coefficient (Wildman–Crippen LogP) is 3.95. The van der Waals surface area contributed by atoms with E-state index >= 15 is 0 Å². The van der Waals surface area contributed by atoms with Crippen LogP contribution in [0.3, 0.4) is 0 Å². The molecule has 1 aliphatic heterocycles. The van der Waals surface area contributed by atoms with E-state index in [1.54, 1.807) is 23.1 Å². The number of anilines is 2. The van der Waals surface area contributed by atoms with Crippen LogP contribution < -0.4 is 21.3 Å². The lowest BCUT2D eigenvalue weighted by Gasteiger charge is -2.37. The van der Waals surface area contributed by atoms with Crippen LogP contribution in [-0.2, 0) is 0 Å². The first-order valence-corrected chi connectivity index (χ1v) is 14.2. The molecule has 224 valence electrons. The molecule has 43 heavy (non-hydrogen) atoms. The van der Waals surface area contributed by atoms with Crippen LogP contribution >= 0.6 is 0 Å². The second kappa shape index (κ2) is 13.0. The number of nitro benzene ring substituents is 1. The van der Waals surface area contributed by atoms with Gasteiger partial charge in [0.05, 0.1) is 16.3 Å². The van der Waals surface area contributed by atoms with Gasteiger partial charge in [0.15, 0.2) is 0 Å². The molecule has 0 aromatic heterocycles. The van der Waals surface area contributed by atoms with Crippen molar-refractivity contribution in [3.63, 3.8) is 0 Å². The summed E-state index contributed by atoms with van der Waals surface area (Å²) in [4.78, 5) is 53.5. The fourth-order valence-electron chi connectivity index (χ4n) is 5.44. The van der Waals surface area contributed by atoms with Crippen LogP contribution in [0.2, 0.25) is 0 Å². The number of nitrogens with zero attached hydrogens (tertiary/aromatic N) is 3. The molecule has 4 N–H and O–H groups in total. The van der Waals surface area contributed by atoms with Gasteiger partial charge in [-0.15, -0.1) is 0 Å². The van der Waals surface area contributed by atoms with Gasteiger partial charge in [-0.25, -0.2) is 4.39 Å². The molecule has 0 spiro atoms. The van der Waals surface area contributed by atoms with Crippen LogP contribution in [0.25, 0.3) is 0 Å². The Hall–Kier alpha value is -4.84. The average Bonchev–Trinajstić information content (AvgIpc) is 3.02. The Morgan fingerprint density at radius 1 is 0.814 bits per heavy atom. The van der Waals surface area contributed by atoms with Gasteiger partial charge in [-0.1, -0.05) is 0 Å². The third-order valence-electron chi connectivity index (χ3n) is 7.95. The number of non-ortho nitro benzene ring substituents is 1. The summed E-state index contributed by atoms with van der Waals surface area (Å²) in [7, 11) is 0. The molecule has 5 rings (SSSR count). The van der Waals surface area contributed by atoms with E-state index in [9.17, 15) is 28.9 Å². The van der Waals surface area contributed by atoms with Crippen molar-refractivity contribution >= 4 is 34.8 Å². The Balaban J connectivity index is 1.34. The van der Waals surface area contributed by atoms with E-state index in [0.29, 0.717) is 48.7 Å². The number of hydrogen-bond donors (Lipinski definition) is 3. The van der Waals surface area contributed by atoms with Crippen LogP contribution in [-0.4, -0.2) is 65.8 Å². The standard InChI is InChI=1S/C31H33FN6O5/c32-23-6-1-21(2-7-23)31(41)37-17-15-36(16-18-37)28-14-5-22(30(40)34-25-10-8-24(33)9-11-25)19-27(28)35-29(39)20-3-12-26(13-4-20)38(42)43/h1-7,12-14,19,24-25H,8-11,15-18,33H2,(H,34,40)(H,35,39). The number of carbonyl (C=O) groups is 3. The Morgan fingerprint density at radius 3 is 2.05 bits per heavy atom. The number of carbonyl (C=O) groups excluding carboxylic acids is 3. The molecule has 1 saturated heterocycles. The lowest BCUT2D eigenvalue weighted by atomic mass is 9.91. The molecule has 0 radical (unpaired) electrons. The zero-order valence-electron chi connectivity index (χ0n) is 23.5. The molecule has 1 saturated carbocycles. The van der Waals surface area contributed by atoms with Crippen LogP contribution in [0.5, 0.6) is 0 Å². The molecule has 1 aliphatic carbocycles. The van der Waals surface area contributed by atoms with Gasteiger partial charge in [-0.3, -0.25) is 24.5 Å².